The molecule has 44 valence electrons. The van der Waals surface area contributed by atoms with Crippen LogP contribution in [-0.4, -0.2) is 8.42 Å². The molecule has 4 nitrogen and oxygen atoms in total. The third-order valence-corrected chi connectivity index (χ3v) is 1.83. The summed E-state index contributed by atoms with van der Waals surface area (Å²) in [5, 5.41) is 0. The van der Waals surface area contributed by atoms with Crippen LogP contribution in [0.25, 0.3) is 0 Å². The van der Waals surface area contributed by atoms with E-state index in [1.165, 1.54) is 8.48 Å². The van der Waals surface area contributed by atoms with Gasteiger partial charge in [0.25, 0.3) is 0 Å². The summed E-state index contributed by atoms with van der Waals surface area (Å²) in [6.45, 7) is 0. The molecule has 0 aliphatic carbocycles. The molecule has 2 N–H and O–H groups in total. The lowest BCUT2D eigenvalue weighted by Crippen LogP contribution is -2.23. The van der Waals surface area contributed by atoms with Gasteiger partial charge in [-0.15, -0.1) is 8.48 Å². The average molecular weight is 165 g/mol. The van der Waals surface area contributed by atoms with Crippen molar-refractivity contribution in [3.63, 3.8) is 0 Å². The zero-order valence-corrected chi connectivity index (χ0v) is 5.31. The molecular formula is H2Cl2N2O2S. The van der Waals surface area contributed by atoms with Crippen LogP contribution in [0.4, 0.5) is 0 Å². The highest BCUT2D eigenvalue weighted by atomic mass is 35.5. The quantitative estimate of drug-likeness (QED) is 0.552. The summed E-state index contributed by atoms with van der Waals surface area (Å²) in [7, 11) is -3.63. The predicted octanol–water partition coefficient (Wildman–Crippen LogP) is -0.282. The first kappa shape index (κ1) is 7.45. The third-order valence-electron chi connectivity index (χ3n) is 0.203. The monoisotopic (exact) mass is 164 g/mol. The molecule has 0 saturated carbocycles. The maximum Gasteiger partial charge on any atom is 0.303 e. The van der Waals surface area contributed by atoms with Crippen LogP contribution in [0.15, 0.2) is 0 Å². The lowest BCUT2D eigenvalue weighted by Gasteiger charge is -1.89. The minimum atomic E-state index is -3.63. The highest BCUT2D eigenvalue weighted by Crippen LogP contribution is 1.77. The molecule has 0 aromatic rings. The van der Waals surface area contributed by atoms with E-state index in [4.69, 9.17) is 0 Å². The minimum absolute atomic E-state index is 1.39. The van der Waals surface area contributed by atoms with E-state index in [9.17, 15) is 8.42 Å². The van der Waals surface area contributed by atoms with Crippen molar-refractivity contribution in [3.05, 3.63) is 0 Å². The zero-order valence-electron chi connectivity index (χ0n) is 2.98. The van der Waals surface area contributed by atoms with E-state index in [2.05, 4.69) is 23.6 Å². The zero-order chi connectivity index (χ0) is 5.91. The normalized spacial score (nSPS) is 11.7. The molecule has 7 heavy (non-hydrogen) atoms. The first-order chi connectivity index (χ1) is 3.12. The lowest BCUT2D eigenvalue weighted by molar-refractivity contribution is 0.592. The Morgan fingerprint density at radius 1 is 1.14 bits per heavy atom. The summed E-state index contributed by atoms with van der Waals surface area (Å²) in [5.74, 6) is 0. The van der Waals surface area contributed by atoms with Gasteiger partial charge < -0.3 is 0 Å². The van der Waals surface area contributed by atoms with Crippen LogP contribution in [0.2, 0.25) is 0 Å². The molecule has 0 fully saturated rings. The Morgan fingerprint density at radius 3 is 1.43 bits per heavy atom. The van der Waals surface area contributed by atoms with Crippen molar-refractivity contribution in [1.82, 2.24) is 8.48 Å². The van der Waals surface area contributed by atoms with E-state index < -0.39 is 10.2 Å². The molecule has 0 bridgehead atoms. The fraction of sp³-hybridized carbons (Fsp3) is 0. The van der Waals surface area contributed by atoms with E-state index in [1.807, 2.05) is 0 Å². The summed E-state index contributed by atoms with van der Waals surface area (Å²) < 4.78 is 22.5. The van der Waals surface area contributed by atoms with E-state index in [0.29, 0.717) is 0 Å². The number of nitrogens with one attached hydrogen (secondary N) is 2. The SMILES string of the molecule is O=S(=O)(NCl)NCl. The van der Waals surface area contributed by atoms with Gasteiger partial charge in [0.1, 0.15) is 0 Å². The number of hydrogen-bond acceptors (Lipinski definition) is 2. The molecular weight excluding hydrogens is 163 g/mol. The van der Waals surface area contributed by atoms with Crippen LogP contribution in [0.1, 0.15) is 0 Å². The first-order valence-electron chi connectivity index (χ1n) is 1.12. The van der Waals surface area contributed by atoms with Gasteiger partial charge in [0.15, 0.2) is 0 Å². The average Bonchev–Trinajstić information content (AvgIpc) is 1.68. The van der Waals surface area contributed by atoms with Gasteiger partial charge in [-0.3, -0.25) is 0 Å². The van der Waals surface area contributed by atoms with Gasteiger partial charge in [-0.25, -0.2) is 0 Å². The fourth-order valence-corrected chi connectivity index (χ4v) is 0.394. The summed E-state index contributed by atoms with van der Waals surface area (Å²) in [4.78, 5) is 0. The number of halogens is 2. The predicted molar refractivity (Wildman–Crippen MR) is 26.9 cm³/mol. The van der Waals surface area contributed by atoms with Gasteiger partial charge in [-0.2, -0.15) is 8.42 Å². The van der Waals surface area contributed by atoms with Crippen molar-refractivity contribution in [2.75, 3.05) is 0 Å². The van der Waals surface area contributed by atoms with Crippen molar-refractivity contribution >= 4 is 33.8 Å². The molecule has 0 rings (SSSR count). The van der Waals surface area contributed by atoms with Gasteiger partial charge >= 0.3 is 10.2 Å². The van der Waals surface area contributed by atoms with Gasteiger partial charge in [-0.1, -0.05) is 0 Å². The van der Waals surface area contributed by atoms with Gasteiger partial charge in [0, 0.05) is 0 Å². The lowest BCUT2D eigenvalue weighted by atomic mass is 13.8. The van der Waals surface area contributed by atoms with Crippen molar-refractivity contribution in [2.24, 2.45) is 0 Å². The second kappa shape index (κ2) is 2.68. The topological polar surface area (TPSA) is 58.2 Å². The van der Waals surface area contributed by atoms with Crippen molar-refractivity contribution in [3.8, 4) is 0 Å². The summed E-state index contributed by atoms with van der Waals surface area (Å²) in [6, 6.07) is 0. The fourth-order valence-electron chi connectivity index (χ4n) is 0.0146. The second-order valence-corrected chi connectivity index (χ2v) is 2.90. The Labute approximate surface area is 51.2 Å². The molecule has 0 aromatic heterocycles. The summed E-state index contributed by atoms with van der Waals surface area (Å²) in [5.41, 5.74) is 0. The Bertz CT molecular complexity index is 117. The highest BCUT2D eigenvalue weighted by molar-refractivity contribution is 7.89. The second-order valence-electron chi connectivity index (χ2n) is 0.658. The van der Waals surface area contributed by atoms with Crippen molar-refractivity contribution in [1.29, 1.82) is 0 Å². The van der Waals surface area contributed by atoms with Gasteiger partial charge in [-0.05, 0) is 23.6 Å². The van der Waals surface area contributed by atoms with Crippen molar-refractivity contribution < 1.29 is 8.42 Å². The van der Waals surface area contributed by atoms with E-state index in [0.717, 1.165) is 0 Å². The molecule has 0 atom stereocenters. The van der Waals surface area contributed by atoms with Crippen LogP contribution < -0.4 is 8.48 Å². The van der Waals surface area contributed by atoms with Crippen LogP contribution in [-0.2, 0) is 10.2 Å². The summed E-state index contributed by atoms with van der Waals surface area (Å²) >= 11 is 9.22. The van der Waals surface area contributed by atoms with Crippen LogP contribution in [0.5, 0.6) is 0 Å². The standard InChI is InChI=1S/Cl2H2N2O2S/c1-3-7(5,6)4-2/h3-4H. The van der Waals surface area contributed by atoms with Gasteiger partial charge in [0.05, 0.1) is 0 Å². The Kier molecular flexibility index (Phi) is 2.86. The maximum absolute atomic E-state index is 9.88. The van der Waals surface area contributed by atoms with E-state index in [1.54, 1.807) is 0 Å². The molecule has 0 amide bonds. The number of hydrogen-bond donors (Lipinski definition) is 2. The molecule has 0 aliphatic heterocycles. The van der Waals surface area contributed by atoms with E-state index in [-0.39, 0.29) is 0 Å². The smallest absolute Gasteiger partial charge is 0.193 e. The minimum Gasteiger partial charge on any atom is -0.193 e. The third kappa shape index (κ3) is 3.07. The molecule has 0 aromatic carbocycles. The Hall–Kier alpha value is 0.450. The molecule has 0 saturated heterocycles. The molecule has 0 radical (unpaired) electrons. The maximum atomic E-state index is 9.88. The van der Waals surface area contributed by atoms with Crippen LogP contribution in [0, 0.1) is 0 Å². The van der Waals surface area contributed by atoms with E-state index >= 15 is 0 Å². The molecule has 0 unspecified atom stereocenters. The van der Waals surface area contributed by atoms with Crippen molar-refractivity contribution in [2.45, 2.75) is 0 Å². The first-order valence-corrected chi connectivity index (χ1v) is 3.36. The molecule has 7 heteroatoms. The molecule has 0 heterocycles. The highest BCUT2D eigenvalue weighted by Gasteiger charge is 2.00. The largest absolute Gasteiger partial charge is 0.303 e. The van der Waals surface area contributed by atoms with Gasteiger partial charge in [0.2, 0.25) is 0 Å². The molecule has 0 spiro atoms. The number of rotatable bonds is 2. The molecule has 0 aliphatic rings. The summed E-state index contributed by atoms with van der Waals surface area (Å²) in [6.07, 6.45) is 0. The Balaban J connectivity index is 3.89. The van der Waals surface area contributed by atoms with Crippen LogP contribution in [0.3, 0.4) is 0 Å². The Morgan fingerprint density at radius 2 is 1.43 bits per heavy atom. The van der Waals surface area contributed by atoms with Crippen LogP contribution >= 0.6 is 23.6 Å².